The van der Waals surface area contributed by atoms with Gasteiger partial charge < -0.3 is 10.2 Å². The third-order valence-corrected chi connectivity index (χ3v) is 4.67. The van der Waals surface area contributed by atoms with E-state index < -0.39 is 0 Å². The molecule has 4 nitrogen and oxygen atoms in total. The van der Waals surface area contributed by atoms with E-state index in [-0.39, 0.29) is 12.1 Å². The molecule has 1 atom stereocenters. The van der Waals surface area contributed by atoms with Crippen molar-refractivity contribution in [2.24, 2.45) is 0 Å². The summed E-state index contributed by atoms with van der Waals surface area (Å²) in [5.74, 6) is 0. The van der Waals surface area contributed by atoms with Crippen molar-refractivity contribution in [1.82, 2.24) is 4.90 Å². The predicted molar refractivity (Wildman–Crippen MR) is 117 cm³/mol. The van der Waals surface area contributed by atoms with Crippen LogP contribution in [0.5, 0.6) is 0 Å². The number of hydrogen-bond donors (Lipinski definition) is 1. The van der Waals surface area contributed by atoms with E-state index in [0.29, 0.717) is 17.8 Å². The fraction of sp³-hybridized carbons (Fsp3) is 0.120. The van der Waals surface area contributed by atoms with Crippen LogP contribution in [0.1, 0.15) is 29.7 Å². The Kier molecular flexibility index (Phi) is 6.80. The highest BCUT2D eigenvalue weighted by molar-refractivity contribution is 5.90. The molecule has 4 heteroatoms. The van der Waals surface area contributed by atoms with Crippen LogP contribution >= 0.6 is 0 Å². The second-order valence-electron chi connectivity index (χ2n) is 6.67. The summed E-state index contributed by atoms with van der Waals surface area (Å²) in [6.07, 6.45) is 3.99. The van der Waals surface area contributed by atoms with Crippen LogP contribution in [0.15, 0.2) is 91.0 Å². The first-order chi connectivity index (χ1) is 14.2. The Labute approximate surface area is 171 Å². The van der Waals surface area contributed by atoms with Crippen molar-refractivity contribution < 1.29 is 4.79 Å². The first-order valence-corrected chi connectivity index (χ1v) is 9.51. The molecule has 0 radical (unpaired) electrons. The molecule has 0 aliphatic carbocycles. The largest absolute Gasteiger partial charge is 0.322 e. The highest BCUT2D eigenvalue weighted by Gasteiger charge is 2.20. The summed E-state index contributed by atoms with van der Waals surface area (Å²) in [5.41, 5.74) is 3.25. The second-order valence-corrected chi connectivity index (χ2v) is 6.67. The van der Waals surface area contributed by atoms with Crippen LogP contribution in [0.2, 0.25) is 0 Å². The lowest BCUT2D eigenvalue weighted by Gasteiger charge is -2.29. The van der Waals surface area contributed by atoms with Gasteiger partial charge in [-0.3, -0.25) is 0 Å². The van der Waals surface area contributed by atoms with Gasteiger partial charge in [0.1, 0.15) is 0 Å². The van der Waals surface area contributed by atoms with Crippen LogP contribution in [-0.2, 0) is 0 Å². The van der Waals surface area contributed by atoms with Crippen molar-refractivity contribution in [3.63, 3.8) is 0 Å². The number of carbonyl (C=O) groups is 1. The standard InChI is InChI=1S/C25H23N3O/c1-20(23-14-6-3-7-15-23)28(17-9-13-21-10-4-2-5-11-21)25(29)27-24-16-8-12-22(18-24)19-26/h2-16,18,20H,17H2,1H3,(H,27,29)/b13-9+. The molecule has 29 heavy (non-hydrogen) atoms. The minimum atomic E-state index is -0.214. The van der Waals surface area contributed by atoms with Gasteiger partial charge in [-0.1, -0.05) is 78.9 Å². The lowest BCUT2D eigenvalue weighted by Crippen LogP contribution is -2.37. The molecule has 2 amide bonds. The van der Waals surface area contributed by atoms with Crippen molar-refractivity contribution in [1.29, 1.82) is 5.26 Å². The minimum Gasteiger partial charge on any atom is -0.314 e. The SMILES string of the molecule is CC(c1ccccc1)N(C/C=C/c1ccccc1)C(=O)Nc1cccc(C#N)c1. The summed E-state index contributed by atoms with van der Waals surface area (Å²) >= 11 is 0. The number of nitrogens with zero attached hydrogens (tertiary/aromatic N) is 2. The zero-order valence-corrected chi connectivity index (χ0v) is 16.3. The molecule has 3 rings (SSSR count). The van der Waals surface area contributed by atoms with Gasteiger partial charge in [-0.25, -0.2) is 4.79 Å². The van der Waals surface area contributed by atoms with Crippen molar-refractivity contribution in [3.05, 3.63) is 108 Å². The summed E-state index contributed by atoms with van der Waals surface area (Å²) < 4.78 is 0. The number of nitriles is 1. The van der Waals surface area contributed by atoms with Crippen LogP contribution < -0.4 is 5.32 Å². The molecule has 144 valence electrons. The Morgan fingerprint density at radius 1 is 1.03 bits per heavy atom. The second kappa shape index (κ2) is 9.91. The number of hydrogen-bond acceptors (Lipinski definition) is 2. The molecular formula is C25H23N3O. The van der Waals surface area contributed by atoms with Crippen LogP contribution in [0.25, 0.3) is 6.08 Å². The van der Waals surface area contributed by atoms with Gasteiger partial charge in [0.25, 0.3) is 0 Å². The minimum absolute atomic E-state index is 0.115. The molecule has 0 saturated heterocycles. The van der Waals surface area contributed by atoms with Crippen molar-refractivity contribution in [2.45, 2.75) is 13.0 Å². The predicted octanol–water partition coefficient (Wildman–Crippen LogP) is 5.87. The van der Waals surface area contributed by atoms with Gasteiger partial charge >= 0.3 is 6.03 Å². The molecule has 0 spiro atoms. The summed E-state index contributed by atoms with van der Waals surface area (Å²) in [6.45, 7) is 2.46. The molecule has 0 aliphatic rings. The Balaban J connectivity index is 1.80. The number of anilines is 1. The van der Waals surface area contributed by atoms with Crippen LogP contribution in [-0.4, -0.2) is 17.5 Å². The first-order valence-electron chi connectivity index (χ1n) is 9.51. The quantitative estimate of drug-likeness (QED) is 0.581. The molecule has 0 aromatic heterocycles. The molecule has 3 aromatic rings. The highest BCUT2D eigenvalue weighted by Crippen LogP contribution is 2.22. The molecular weight excluding hydrogens is 358 g/mol. The van der Waals surface area contributed by atoms with E-state index in [2.05, 4.69) is 11.4 Å². The fourth-order valence-corrected chi connectivity index (χ4v) is 3.06. The molecule has 1 unspecified atom stereocenters. The maximum atomic E-state index is 13.1. The molecule has 0 bridgehead atoms. The number of nitrogens with one attached hydrogen (secondary N) is 1. The van der Waals surface area contributed by atoms with Crippen molar-refractivity contribution in [2.75, 3.05) is 11.9 Å². The van der Waals surface area contributed by atoms with Gasteiger partial charge in [0, 0.05) is 12.2 Å². The van der Waals surface area contributed by atoms with Gasteiger partial charge in [-0.05, 0) is 36.2 Å². The molecule has 0 saturated carbocycles. The first kappa shape index (κ1) is 19.9. The summed E-state index contributed by atoms with van der Waals surface area (Å²) in [7, 11) is 0. The van der Waals surface area contributed by atoms with Gasteiger partial charge in [0.05, 0.1) is 17.7 Å². The Morgan fingerprint density at radius 2 is 1.72 bits per heavy atom. The van der Waals surface area contributed by atoms with E-state index in [1.807, 2.05) is 79.7 Å². The molecule has 0 heterocycles. The monoisotopic (exact) mass is 381 g/mol. The smallest absolute Gasteiger partial charge is 0.314 e. The summed E-state index contributed by atoms with van der Waals surface area (Å²) in [4.78, 5) is 14.8. The molecule has 1 N–H and O–H groups in total. The van der Waals surface area contributed by atoms with Gasteiger partial charge in [0.15, 0.2) is 0 Å². The van der Waals surface area contributed by atoms with Crippen LogP contribution in [0.3, 0.4) is 0 Å². The van der Waals surface area contributed by atoms with Gasteiger partial charge in [-0.2, -0.15) is 5.26 Å². The van der Waals surface area contributed by atoms with E-state index >= 15 is 0 Å². The maximum Gasteiger partial charge on any atom is 0.322 e. The summed E-state index contributed by atoms with van der Waals surface area (Å²) in [5, 5.41) is 12.0. The van der Waals surface area contributed by atoms with E-state index in [1.165, 1.54) is 0 Å². The fourth-order valence-electron chi connectivity index (χ4n) is 3.06. The van der Waals surface area contributed by atoms with Gasteiger partial charge in [-0.15, -0.1) is 0 Å². The topological polar surface area (TPSA) is 56.1 Å². The zero-order valence-electron chi connectivity index (χ0n) is 16.3. The van der Waals surface area contributed by atoms with E-state index in [9.17, 15) is 4.79 Å². The van der Waals surface area contributed by atoms with Crippen molar-refractivity contribution in [3.8, 4) is 6.07 Å². The molecule has 0 fully saturated rings. The average molecular weight is 381 g/mol. The highest BCUT2D eigenvalue weighted by atomic mass is 16.2. The Bertz CT molecular complexity index is 1010. The van der Waals surface area contributed by atoms with Gasteiger partial charge in [0.2, 0.25) is 0 Å². The van der Waals surface area contributed by atoms with E-state index in [0.717, 1.165) is 11.1 Å². The van der Waals surface area contributed by atoms with Crippen molar-refractivity contribution >= 4 is 17.8 Å². The zero-order chi connectivity index (χ0) is 20.5. The Hall–Kier alpha value is -3.84. The van der Waals surface area contributed by atoms with Crippen LogP contribution in [0, 0.1) is 11.3 Å². The third kappa shape index (κ3) is 5.57. The summed E-state index contributed by atoms with van der Waals surface area (Å²) in [6, 6.07) is 28.6. The molecule has 3 aromatic carbocycles. The van der Waals surface area contributed by atoms with Crippen LogP contribution in [0.4, 0.5) is 10.5 Å². The number of urea groups is 1. The van der Waals surface area contributed by atoms with E-state index in [4.69, 9.17) is 5.26 Å². The number of benzene rings is 3. The number of carbonyl (C=O) groups excluding carboxylic acids is 1. The lowest BCUT2D eigenvalue weighted by molar-refractivity contribution is 0.201. The third-order valence-electron chi connectivity index (χ3n) is 4.67. The normalized spacial score (nSPS) is 11.6. The average Bonchev–Trinajstić information content (AvgIpc) is 2.77. The maximum absolute atomic E-state index is 13.1. The number of rotatable bonds is 6. The molecule has 0 aliphatic heterocycles. The van der Waals surface area contributed by atoms with E-state index in [1.54, 1.807) is 29.2 Å². The Morgan fingerprint density at radius 3 is 2.41 bits per heavy atom. The lowest BCUT2D eigenvalue weighted by atomic mass is 10.1. The number of amides is 2.